The molecule has 1 atom stereocenters. The van der Waals surface area contributed by atoms with Crippen molar-refractivity contribution in [3.63, 3.8) is 0 Å². The molecule has 0 spiro atoms. The molecule has 1 unspecified atom stereocenters. The summed E-state index contributed by atoms with van der Waals surface area (Å²) in [5.74, 6) is 2.29. The van der Waals surface area contributed by atoms with Gasteiger partial charge in [-0.2, -0.15) is 0 Å². The highest BCUT2D eigenvalue weighted by Gasteiger charge is 2.13. The zero-order valence-electron chi connectivity index (χ0n) is 18.3. The van der Waals surface area contributed by atoms with E-state index in [1.807, 2.05) is 50.4 Å². The summed E-state index contributed by atoms with van der Waals surface area (Å²) < 4.78 is 11.4. The highest BCUT2D eigenvalue weighted by Crippen LogP contribution is 2.30. The van der Waals surface area contributed by atoms with Crippen LogP contribution in [0.3, 0.4) is 0 Å². The Morgan fingerprint density at radius 1 is 1.17 bits per heavy atom. The number of aromatic nitrogens is 1. The van der Waals surface area contributed by atoms with E-state index in [0.717, 1.165) is 40.4 Å². The standard InChI is InChI=1S/C21H33N5O2S/c1-7-22-20(23-13-17-14-29-21(25-17)26(5)6)24-15(4)16-10-11-18(27-8-2)19(12-16)28-9-3/h10-12,14-15H,7-9,13H2,1-6H3,(H2,22,23,24). The first-order chi connectivity index (χ1) is 14.0. The molecule has 0 radical (unpaired) electrons. The van der Waals surface area contributed by atoms with Gasteiger partial charge >= 0.3 is 0 Å². The number of benzene rings is 1. The number of nitrogens with zero attached hydrogens (tertiary/aromatic N) is 3. The number of aliphatic imine (C=N–C) groups is 1. The van der Waals surface area contributed by atoms with Gasteiger partial charge in [0.1, 0.15) is 0 Å². The fraction of sp³-hybridized carbons (Fsp3) is 0.524. The van der Waals surface area contributed by atoms with Crippen molar-refractivity contribution in [2.75, 3.05) is 38.8 Å². The topological polar surface area (TPSA) is 71.0 Å². The first kappa shape index (κ1) is 22.8. The first-order valence-electron chi connectivity index (χ1n) is 10.0. The van der Waals surface area contributed by atoms with Crippen LogP contribution in [0.2, 0.25) is 0 Å². The molecule has 7 nitrogen and oxygen atoms in total. The lowest BCUT2D eigenvalue weighted by Gasteiger charge is -2.20. The first-order valence-corrected chi connectivity index (χ1v) is 10.9. The predicted octanol–water partition coefficient (Wildman–Crippen LogP) is 3.82. The Hall–Kier alpha value is -2.48. The Morgan fingerprint density at radius 3 is 2.52 bits per heavy atom. The molecule has 0 aliphatic heterocycles. The van der Waals surface area contributed by atoms with Crippen molar-refractivity contribution in [3.8, 4) is 11.5 Å². The van der Waals surface area contributed by atoms with E-state index in [9.17, 15) is 0 Å². The number of anilines is 1. The number of nitrogens with one attached hydrogen (secondary N) is 2. The molecule has 0 aliphatic carbocycles. The van der Waals surface area contributed by atoms with Crippen molar-refractivity contribution in [2.24, 2.45) is 4.99 Å². The quantitative estimate of drug-likeness (QED) is 0.451. The van der Waals surface area contributed by atoms with E-state index < -0.39 is 0 Å². The fourth-order valence-electron chi connectivity index (χ4n) is 2.68. The van der Waals surface area contributed by atoms with Gasteiger partial charge in [-0.05, 0) is 45.4 Å². The molecule has 0 saturated carbocycles. The number of ether oxygens (including phenoxy) is 2. The van der Waals surface area contributed by atoms with Crippen LogP contribution in [0.1, 0.15) is 45.0 Å². The number of rotatable bonds is 10. The second-order valence-electron chi connectivity index (χ2n) is 6.65. The highest BCUT2D eigenvalue weighted by molar-refractivity contribution is 7.13. The molecular formula is C21H33N5O2S. The minimum absolute atomic E-state index is 0.0513. The van der Waals surface area contributed by atoms with E-state index >= 15 is 0 Å². The van der Waals surface area contributed by atoms with Gasteiger partial charge in [-0.25, -0.2) is 9.98 Å². The van der Waals surface area contributed by atoms with Crippen LogP contribution < -0.4 is 25.0 Å². The monoisotopic (exact) mass is 419 g/mol. The molecule has 0 amide bonds. The highest BCUT2D eigenvalue weighted by atomic mass is 32.1. The van der Waals surface area contributed by atoms with Crippen molar-refractivity contribution < 1.29 is 9.47 Å². The minimum atomic E-state index is 0.0513. The number of guanidine groups is 1. The summed E-state index contributed by atoms with van der Waals surface area (Å²) in [5, 5.41) is 9.80. The zero-order valence-corrected chi connectivity index (χ0v) is 19.1. The van der Waals surface area contributed by atoms with E-state index in [2.05, 4.69) is 35.5 Å². The van der Waals surface area contributed by atoms with Crippen LogP contribution in [-0.4, -0.2) is 44.8 Å². The average Bonchev–Trinajstić information content (AvgIpc) is 3.17. The van der Waals surface area contributed by atoms with E-state index in [1.165, 1.54) is 0 Å². The van der Waals surface area contributed by atoms with E-state index in [0.29, 0.717) is 19.8 Å². The van der Waals surface area contributed by atoms with Crippen molar-refractivity contribution in [2.45, 2.75) is 40.3 Å². The van der Waals surface area contributed by atoms with Crippen molar-refractivity contribution in [1.82, 2.24) is 15.6 Å². The lowest BCUT2D eigenvalue weighted by molar-refractivity contribution is 0.287. The summed E-state index contributed by atoms with van der Waals surface area (Å²) in [4.78, 5) is 11.3. The lowest BCUT2D eigenvalue weighted by atomic mass is 10.1. The molecule has 1 aromatic carbocycles. The normalized spacial score (nSPS) is 12.4. The summed E-state index contributed by atoms with van der Waals surface area (Å²) in [6.45, 7) is 10.6. The van der Waals surface area contributed by atoms with E-state index in [-0.39, 0.29) is 6.04 Å². The Balaban J connectivity index is 2.11. The molecule has 160 valence electrons. The Morgan fingerprint density at radius 2 is 1.90 bits per heavy atom. The zero-order chi connectivity index (χ0) is 21.2. The summed E-state index contributed by atoms with van der Waals surface area (Å²) >= 11 is 1.62. The maximum absolute atomic E-state index is 5.75. The van der Waals surface area contributed by atoms with E-state index in [4.69, 9.17) is 14.5 Å². The number of hydrogen-bond acceptors (Lipinski definition) is 6. The van der Waals surface area contributed by atoms with Crippen molar-refractivity contribution >= 4 is 22.4 Å². The smallest absolute Gasteiger partial charge is 0.192 e. The Labute approximate surface area is 178 Å². The molecule has 0 aliphatic rings. The van der Waals surface area contributed by atoms with Gasteiger partial charge < -0.3 is 25.0 Å². The molecule has 0 bridgehead atoms. The van der Waals surface area contributed by atoms with Crippen LogP contribution in [0, 0.1) is 0 Å². The predicted molar refractivity (Wildman–Crippen MR) is 122 cm³/mol. The molecule has 1 heterocycles. The molecule has 2 rings (SSSR count). The largest absolute Gasteiger partial charge is 0.490 e. The molecule has 2 aromatic rings. The maximum Gasteiger partial charge on any atom is 0.192 e. The maximum atomic E-state index is 5.75. The second-order valence-corrected chi connectivity index (χ2v) is 7.49. The van der Waals surface area contributed by atoms with Gasteiger partial charge in [0.25, 0.3) is 0 Å². The Kier molecular flexibility index (Phi) is 9.05. The van der Waals surface area contributed by atoms with Gasteiger partial charge in [0, 0.05) is 26.0 Å². The van der Waals surface area contributed by atoms with Gasteiger partial charge in [0.2, 0.25) is 0 Å². The minimum Gasteiger partial charge on any atom is -0.490 e. The molecule has 29 heavy (non-hydrogen) atoms. The molecule has 0 fully saturated rings. The third-order valence-electron chi connectivity index (χ3n) is 4.09. The van der Waals surface area contributed by atoms with Gasteiger partial charge in [0.05, 0.1) is 31.5 Å². The third-order valence-corrected chi connectivity index (χ3v) is 5.14. The molecule has 0 saturated heterocycles. The van der Waals surface area contributed by atoms with Gasteiger partial charge in [-0.1, -0.05) is 6.07 Å². The number of hydrogen-bond donors (Lipinski definition) is 2. The molecular weight excluding hydrogens is 386 g/mol. The fourth-order valence-corrected chi connectivity index (χ4v) is 3.43. The average molecular weight is 420 g/mol. The SMILES string of the molecule is CCNC(=NCc1csc(N(C)C)n1)NC(C)c1ccc(OCC)c(OCC)c1. The van der Waals surface area contributed by atoms with Crippen molar-refractivity contribution in [3.05, 3.63) is 34.8 Å². The summed E-state index contributed by atoms with van der Waals surface area (Å²) in [6, 6.07) is 6.10. The van der Waals surface area contributed by atoms with Crippen LogP contribution in [0.4, 0.5) is 5.13 Å². The van der Waals surface area contributed by atoms with Crippen LogP contribution in [0.25, 0.3) is 0 Å². The van der Waals surface area contributed by atoms with Crippen LogP contribution in [0.5, 0.6) is 11.5 Å². The Bertz CT molecular complexity index is 791. The van der Waals surface area contributed by atoms with Gasteiger partial charge in [0.15, 0.2) is 22.6 Å². The third kappa shape index (κ3) is 6.81. The molecule has 1 aromatic heterocycles. The van der Waals surface area contributed by atoms with E-state index in [1.54, 1.807) is 11.3 Å². The molecule has 2 N–H and O–H groups in total. The number of thiazole rings is 1. The van der Waals surface area contributed by atoms with Crippen molar-refractivity contribution in [1.29, 1.82) is 0 Å². The lowest BCUT2D eigenvalue weighted by Crippen LogP contribution is -2.38. The molecule has 8 heteroatoms. The van der Waals surface area contributed by atoms with Crippen LogP contribution in [0.15, 0.2) is 28.6 Å². The van der Waals surface area contributed by atoms with Crippen LogP contribution >= 0.6 is 11.3 Å². The summed E-state index contributed by atoms with van der Waals surface area (Å²) in [5.41, 5.74) is 2.06. The van der Waals surface area contributed by atoms with Crippen LogP contribution in [-0.2, 0) is 6.54 Å². The van der Waals surface area contributed by atoms with Gasteiger partial charge in [-0.3, -0.25) is 0 Å². The van der Waals surface area contributed by atoms with Gasteiger partial charge in [-0.15, -0.1) is 11.3 Å². The second kappa shape index (κ2) is 11.5. The summed E-state index contributed by atoms with van der Waals surface area (Å²) in [7, 11) is 3.99. The summed E-state index contributed by atoms with van der Waals surface area (Å²) in [6.07, 6.45) is 0.